The zero-order valence-electron chi connectivity index (χ0n) is 18.6. The average molecular weight is 499 g/mol. The molecule has 176 valence electrons. The molecule has 2 unspecified atom stereocenters. The molecule has 1 saturated heterocycles. The van der Waals surface area contributed by atoms with Gasteiger partial charge >= 0.3 is 0 Å². The van der Waals surface area contributed by atoms with E-state index in [-0.39, 0.29) is 28.2 Å². The largest absolute Gasteiger partial charge is 0.376 e. The van der Waals surface area contributed by atoms with E-state index < -0.39 is 5.91 Å². The summed E-state index contributed by atoms with van der Waals surface area (Å²) in [6.45, 7) is 2.87. The minimum atomic E-state index is -0.432. The van der Waals surface area contributed by atoms with Crippen LogP contribution in [-0.4, -0.2) is 29.7 Å². The molecule has 3 aromatic rings. The Morgan fingerprint density at radius 1 is 1.26 bits per heavy atom. The van der Waals surface area contributed by atoms with E-state index in [1.807, 2.05) is 23.6 Å². The number of halogens is 2. The lowest BCUT2D eigenvalue weighted by molar-refractivity contribution is 0.0855. The fourth-order valence-electron chi connectivity index (χ4n) is 4.71. The lowest BCUT2D eigenvalue weighted by Crippen LogP contribution is -2.36. The van der Waals surface area contributed by atoms with Gasteiger partial charge in [0.05, 0.1) is 11.8 Å². The Balaban J connectivity index is 1.65. The van der Waals surface area contributed by atoms with E-state index in [1.54, 1.807) is 24.3 Å². The van der Waals surface area contributed by atoms with E-state index in [0.29, 0.717) is 41.5 Å². The van der Waals surface area contributed by atoms with Crippen LogP contribution in [0.1, 0.15) is 45.4 Å². The Bertz CT molecular complexity index is 1320. The molecular formula is C26H24ClFN2O3S. The van der Waals surface area contributed by atoms with Crippen molar-refractivity contribution in [2.75, 3.05) is 13.2 Å². The summed E-state index contributed by atoms with van der Waals surface area (Å²) in [6.07, 6.45) is 2.10. The lowest BCUT2D eigenvalue weighted by Gasteiger charge is -2.20. The van der Waals surface area contributed by atoms with Gasteiger partial charge in [-0.15, -0.1) is 11.8 Å². The normalized spacial score (nSPS) is 19.3. The molecule has 34 heavy (non-hydrogen) atoms. The van der Waals surface area contributed by atoms with Gasteiger partial charge in [0.2, 0.25) is 0 Å². The number of rotatable bonds is 4. The van der Waals surface area contributed by atoms with Crippen LogP contribution in [0.25, 0.3) is 5.69 Å². The topological polar surface area (TPSA) is 60.3 Å². The molecule has 0 saturated carbocycles. The minimum absolute atomic E-state index is 0.0413. The highest BCUT2D eigenvalue weighted by Gasteiger charge is 2.30. The fraction of sp³-hybridized carbons (Fsp3) is 0.308. The Morgan fingerprint density at radius 2 is 2.09 bits per heavy atom. The minimum Gasteiger partial charge on any atom is -0.376 e. The summed E-state index contributed by atoms with van der Waals surface area (Å²) in [5.74, 6) is -0.754. The summed E-state index contributed by atoms with van der Waals surface area (Å²) in [4.78, 5) is 27.3. The van der Waals surface area contributed by atoms with Crippen LogP contribution < -0.4 is 10.7 Å². The van der Waals surface area contributed by atoms with Crippen LogP contribution in [0.2, 0.25) is 5.02 Å². The Labute approximate surface area is 206 Å². The first-order chi connectivity index (χ1) is 16.4. The number of carbonyl (C=O) groups is 1. The van der Waals surface area contributed by atoms with Gasteiger partial charge < -0.3 is 14.6 Å². The molecule has 1 N–H and O–H groups in total. The predicted molar refractivity (Wildman–Crippen MR) is 132 cm³/mol. The van der Waals surface area contributed by atoms with Crippen molar-refractivity contribution in [1.82, 2.24) is 9.88 Å². The van der Waals surface area contributed by atoms with Gasteiger partial charge in [-0.25, -0.2) is 4.39 Å². The number of amides is 1. The van der Waals surface area contributed by atoms with Crippen LogP contribution >= 0.6 is 23.4 Å². The second kappa shape index (κ2) is 9.56. The number of nitrogens with zero attached hydrogens (tertiary/aromatic N) is 1. The number of fused-ring (bicyclic) bond motifs is 3. The van der Waals surface area contributed by atoms with Gasteiger partial charge in [-0.3, -0.25) is 9.59 Å². The van der Waals surface area contributed by atoms with Crippen molar-refractivity contribution in [2.45, 2.75) is 42.4 Å². The summed E-state index contributed by atoms with van der Waals surface area (Å²) in [5, 5.41) is 3.11. The van der Waals surface area contributed by atoms with E-state index in [4.69, 9.17) is 16.3 Å². The average Bonchev–Trinajstić information content (AvgIpc) is 3.26. The molecule has 2 aliphatic rings. The van der Waals surface area contributed by atoms with Crippen molar-refractivity contribution in [1.29, 1.82) is 0 Å². The zero-order valence-corrected chi connectivity index (χ0v) is 20.2. The van der Waals surface area contributed by atoms with Crippen LogP contribution in [0.4, 0.5) is 4.39 Å². The van der Waals surface area contributed by atoms with E-state index in [0.717, 1.165) is 23.4 Å². The van der Waals surface area contributed by atoms with Gasteiger partial charge in [0.15, 0.2) is 5.43 Å². The van der Waals surface area contributed by atoms with Crippen LogP contribution in [0.3, 0.4) is 0 Å². The number of aryl methyl sites for hydroxylation is 1. The number of ether oxygens (including phenoxy) is 1. The van der Waals surface area contributed by atoms with Gasteiger partial charge in [0.25, 0.3) is 5.91 Å². The molecule has 2 atom stereocenters. The maximum Gasteiger partial charge on any atom is 0.257 e. The Morgan fingerprint density at radius 3 is 2.85 bits per heavy atom. The molecule has 5 rings (SSSR count). The third-order valence-electron chi connectivity index (χ3n) is 6.30. The van der Waals surface area contributed by atoms with Gasteiger partial charge in [0.1, 0.15) is 11.4 Å². The van der Waals surface area contributed by atoms with Crippen LogP contribution in [-0.2, 0) is 11.2 Å². The van der Waals surface area contributed by atoms with Gasteiger partial charge in [-0.05, 0) is 44.0 Å². The number of hydrogen-bond donors (Lipinski definition) is 1. The quantitative estimate of drug-likeness (QED) is 0.534. The highest BCUT2D eigenvalue weighted by Crippen LogP contribution is 2.45. The van der Waals surface area contributed by atoms with Crippen molar-refractivity contribution >= 4 is 29.3 Å². The lowest BCUT2D eigenvalue weighted by atomic mass is 10.0. The third kappa shape index (κ3) is 4.40. The molecule has 1 amide bonds. The molecule has 0 radical (unpaired) electrons. The monoisotopic (exact) mass is 498 g/mol. The number of benzene rings is 2. The van der Waals surface area contributed by atoms with Crippen molar-refractivity contribution in [3.63, 3.8) is 0 Å². The van der Waals surface area contributed by atoms with Crippen molar-refractivity contribution in [3.8, 4) is 5.69 Å². The number of thioether (sulfide) groups is 1. The first-order valence-corrected chi connectivity index (χ1v) is 12.5. The van der Waals surface area contributed by atoms with E-state index in [2.05, 4.69) is 5.32 Å². The number of aromatic nitrogens is 1. The van der Waals surface area contributed by atoms with Crippen molar-refractivity contribution < 1.29 is 13.9 Å². The molecule has 3 heterocycles. The molecule has 0 bridgehead atoms. The number of nitrogens with one attached hydrogen (secondary N) is 1. The van der Waals surface area contributed by atoms with Gasteiger partial charge in [-0.2, -0.15) is 0 Å². The number of pyridine rings is 1. The van der Waals surface area contributed by atoms with Crippen LogP contribution in [0, 0.1) is 12.7 Å². The predicted octanol–water partition coefficient (Wildman–Crippen LogP) is 5.24. The first-order valence-electron chi connectivity index (χ1n) is 11.3. The van der Waals surface area contributed by atoms with E-state index in [1.165, 1.54) is 23.9 Å². The molecule has 1 aromatic heterocycles. The third-order valence-corrected chi connectivity index (χ3v) is 7.82. The molecule has 2 aromatic carbocycles. The summed E-state index contributed by atoms with van der Waals surface area (Å²) in [7, 11) is 0. The summed E-state index contributed by atoms with van der Waals surface area (Å²) in [6, 6.07) is 13.6. The summed E-state index contributed by atoms with van der Waals surface area (Å²) in [5.41, 5.74) is 2.35. The summed E-state index contributed by atoms with van der Waals surface area (Å²) >= 11 is 7.80. The molecular weight excluding hydrogens is 475 g/mol. The Kier molecular flexibility index (Phi) is 6.51. The first kappa shape index (κ1) is 23.1. The van der Waals surface area contributed by atoms with Crippen molar-refractivity contribution in [3.05, 3.63) is 92.1 Å². The molecule has 0 aliphatic carbocycles. The molecule has 1 fully saturated rings. The highest BCUT2D eigenvalue weighted by atomic mass is 35.5. The molecule has 8 heteroatoms. The standard InChI is InChI=1S/C26H24ClFN2O3S/c1-15-11-22(31)25(26(32)29-14-17-5-4-10-33-17)21-13-23(18-6-2-3-7-19(18)28)34-24-12-16(27)8-9-20(24)30(15)21/h2-3,6-9,11-12,17,23H,4-5,10,13-14H2,1H3,(H,29,32). The second-order valence-corrected chi connectivity index (χ2v) is 10.3. The second-order valence-electron chi connectivity index (χ2n) is 8.60. The number of hydrogen-bond acceptors (Lipinski definition) is 4. The molecule has 5 nitrogen and oxygen atoms in total. The Hall–Kier alpha value is -2.61. The molecule has 0 spiro atoms. The molecule has 2 aliphatic heterocycles. The fourth-order valence-corrected chi connectivity index (χ4v) is 6.29. The van der Waals surface area contributed by atoms with Gasteiger partial charge in [-0.1, -0.05) is 29.8 Å². The number of carbonyl (C=O) groups excluding carboxylic acids is 1. The van der Waals surface area contributed by atoms with E-state index in [9.17, 15) is 14.0 Å². The SMILES string of the molecule is Cc1cc(=O)c(C(=O)NCC2CCCO2)c2n1-c1ccc(Cl)cc1SC(c1ccccc1F)C2. The van der Waals surface area contributed by atoms with Crippen LogP contribution in [0.5, 0.6) is 0 Å². The smallest absolute Gasteiger partial charge is 0.257 e. The van der Waals surface area contributed by atoms with E-state index >= 15 is 0 Å². The van der Waals surface area contributed by atoms with Crippen LogP contribution in [0.15, 0.2) is 58.2 Å². The van der Waals surface area contributed by atoms with Crippen molar-refractivity contribution in [2.24, 2.45) is 0 Å². The zero-order chi connectivity index (χ0) is 23.8. The maximum atomic E-state index is 14.8. The highest BCUT2D eigenvalue weighted by molar-refractivity contribution is 7.99. The maximum absolute atomic E-state index is 14.8. The summed E-state index contributed by atoms with van der Waals surface area (Å²) < 4.78 is 22.4. The van der Waals surface area contributed by atoms with Gasteiger partial charge in [0, 0.05) is 57.8 Å².